The molecule has 1 aliphatic carbocycles. The fourth-order valence-electron chi connectivity index (χ4n) is 2.32. The number of rotatable bonds is 0. The van der Waals surface area contributed by atoms with Crippen LogP contribution in [0.1, 0.15) is 13.8 Å². The number of carbonyl (C=O) groups excluding carboxylic acids is 1. The van der Waals surface area contributed by atoms with Gasteiger partial charge in [-0.1, -0.05) is 48.7 Å². The Morgan fingerprint density at radius 3 is 2.14 bits per heavy atom. The molecule has 6 heteroatoms. The first-order valence-electron chi connectivity index (χ1n) is 4.14. The summed E-state index contributed by atoms with van der Waals surface area (Å²) in [6, 6.07) is 0. The molecule has 0 aromatic carbocycles. The van der Waals surface area contributed by atoms with Gasteiger partial charge in [-0.2, -0.15) is 0 Å². The fourth-order valence-corrected chi connectivity index (χ4v) is 2.79. The van der Waals surface area contributed by atoms with Gasteiger partial charge in [-0.3, -0.25) is 4.79 Å². The summed E-state index contributed by atoms with van der Waals surface area (Å²) in [6.45, 7) is 3.67. The predicted octanol–water partition coefficient (Wildman–Crippen LogP) is 1.87. The maximum absolute atomic E-state index is 11.3. The summed E-state index contributed by atoms with van der Waals surface area (Å²) in [4.78, 5) is 11.3. The van der Waals surface area contributed by atoms with E-state index in [0.717, 1.165) is 0 Å². The second-order valence-corrected chi connectivity index (χ2v) is 6.67. The number of hydrogen-bond donors (Lipinski definition) is 1. The molecule has 14 heavy (non-hydrogen) atoms. The van der Waals surface area contributed by atoms with Crippen molar-refractivity contribution in [2.75, 3.05) is 0 Å². The topological polar surface area (TPSA) is 46.5 Å². The van der Waals surface area contributed by atoms with Gasteiger partial charge >= 0.3 is 5.97 Å². The van der Waals surface area contributed by atoms with E-state index in [4.69, 9.17) is 39.5 Å². The van der Waals surface area contributed by atoms with Crippen LogP contribution in [0.15, 0.2) is 0 Å². The molecule has 0 aromatic heterocycles. The Morgan fingerprint density at radius 1 is 1.43 bits per heavy atom. The third-order valence-corrected chi connectivity index (χ3v) is 3.98. The van der Waals surface area contributed by atoms with E-state index < -0.39 is 21.5 Å². The van der Waals surface area contributed by atoms with E-state index in [1.54, 1.807) is 0 Å². The van der Waals surface area contributed by atoms with Crippen molar-refractivity contribution < 1.29 is 14.6 Å². The van der Waals surface area contributed by atoms with Crippen molar-refractivity contribution in [2.45, 2.75) is 23.4 Å². The van der Waals surface area contributed by atoms with Gasteiger partial charge in [0.2, 0.25) is 0 Å². The Bertz CT molecular complexity index is 309. The average molecular weight is 260 g/mol. The van der Waals surface area contributed by atoms with Crippen molar-refractivity contribution in [3.8, 4) is 0 Å². The molecule has 2 fully saturated rings. The molecule has 3 unspecified atom stereocenters. The minimum Gasteiger partial charge on any atom is -0.428 e. The standard InChI is InChI=1S/C8H9Cl3O3/c1-6(2)3-4(6)7(13,8(9,10)11)14-5(3)12/h3-4,13H,1-2H3. The van der Waals surface area contributed by atoms with Gasteiger partial charge in [0.15, 0.2) is 0 Å². The molecule has 80 valence electrons. The van der Waals surface area contributed by atoms with Crippen LogP contribution in [0.3, 0.4) is 0 Å². The Hall–Kier alpha value is 0.300. The molecule has 0 amide bonds. The van der Waals surface area contributed by atoms with Crippen molar-refractivity contribution in [1.82, 2.24) is 0 Å². The van der Waals surface area contributed by atoms with E-state index in [1.165, 1.54) is 0 Å². The maximum Gasteiger partial charge on any atom is 0.312 e. The van der Waals surface area contributed by atoms with E-state index in [0.29, 0.717) is 0 Å². The molecular weight excluding hydrogens is 250 g/mol. The molecule has 3 nitrogen and oxygen atoms in total. The highest BCUT2D eigenvalue weighted by molar-refractivity contribution is 6.68. The van der Waals surface area contributed by atoms with Crippen molar-refractivity contribution in [3.63, 3.8) is 0 Å². The highest BCUT2D eigenvalue weighted by Crippen LogP contribution is 2.71. The molecule has 1 saturated heterocycles. The first kappa shape index (κ1) is 10.8. The van der Waals surface area contributed by atoms with E-state index in [1.807, 2.05) is 13.8 Å². The summed E-state index contributed by atoms with van der Waals surface area (Å²) in [5, 5.41) is 10.0. The Labute approximate surface area is 96.3 Å². The number of hydrogen-bond acceptors (Lipinski definition) is 3. The highest BCUT2D eigenvalue weighted by Gasteiger charge is 2.81. The van der Waals surface area contributed by atoms with Gasteiger partial charge in [-0.05, 0) is 5.41 Å². The van der Waals surface area contributed by atoms with Crippen LogP contribution in [0.4, 0.5) is 0 Å². The maximum atomic E-state index is 11.3. The minimum atomic E-state index is -2.00. The predicted molar refractivity (Wildman–Crippen MR) is 52.1 cm³/mol. The molecule has 3 atom stereocenters. The lowest BCUT2D eigenvalue weighted by molar-refractivity contribution is -0.205. The summed E-state index contributed by atoms with van der Waals surface area (Å²) in [5.41, 5.74) is -0.353. The van der Waals surface area contributed by atoms with Crippen LogP contribution in [-0.2, 0) is 9.53 Å². The lowest BCUT2D eigenvalue weighted by atomic mass is 10.0. The second kappa shape index (κ2) is 2.51. The van der Waals surface area contributed by atoms with Gasteiger partial charge < -0.3 is 9.84 Å². The number of aliphatic hydroxyl groups is 1. The molecule has 1 heterocycles. The summed E-state index contributed by atoms with van der Waals surface area (Å²) in [6.07, 6.45) is 0. The smallest absolute Gasteiger partial charge is 0.312 e. The van der Waals surface area contributed by atoms with Gasteiger partial charge in [-0.25, -0.2) is 0 Å². The number of halogens is 3. The minimum absolute atomic E-state index is 0.353. The summed E-state index contributed by atoms with van der Waals surface area (Å²) in [7, 11) is 0. The summed E-state index contributed by atoms with van der Waals surface area (Å²) >= 11 is 16.8. The molecule has 0 radical (unpaired) electrons. The van der Waals surface area contributed by atoms with Crippen molar-refractivity contribution >= 4 is 40.8 Å². The SMILES string of the molecule is CC1(C)C2C(=O)OC(O)(C(Cl)(Cl)Cl)C21. The van der Waals surface area contributed by atoms with Gasteiger partial charge in [0.25, 0.3) is 9.58 Å². The lowest BCUT2D eigenvalue weighted by Gasteiger charge is -2.32. The zero-order valence-electron chi connectivity index (χ0n) is 7.55. The van der Waals surface area contributed by atoms with Crippen molar-refractivity contribution in [3.05, 3.63) is 0 Å². The molecule has 1 N–H and O–H groups in total. The van der Waals surface area contributed by atoms with Crippen LogP contribution >= 0.6 is 34.8 Å². The van der Waals surface area contributed by atoms with Crippen LogP contribution in [0.5, 0.6) is 0 Å². The number of fused-ring (bicyclic) bond motifs is 1. The monoisotopic (exact) mass is 258 g/mol. The number of ether oxygens (including phenoxy) is 1. The zero-order valence-corrected chi connectivity index (χ0v) is 9.82. The number of alkyl halides is 3. The third kappa shape index (κ3) is 1.07. The van der Waals surface area contributed by atoms with E-state index in [-0.39, 0.29) is 11.3 Å². The van der Waals surface area contributed by atoms with Crippen LogP contribution < -0.4 is 0 Å². The van der Waals surface area contributed by atoms with Gasteiger partial charge in [0.1, 0.15) is 0 Å². The van der Waals surface area contributed by atoms with E-state index >= 15 is 0 Å². The summed E-state index contributed by atoms with van der Waals surface area (Å²) < 4.78 is 2.73. The highest BCUT2D eigenvalue weighted by atomic mass is 35.6. The van der Waals surface area contributed by atoms with Crippen LogP contribution in [0, 0.1) is 17.3 Å². The molecule has 2 rings (SSSR count). The molecule has 0 aromatic rings. The molecule has 0 spiro atoms. The quantitative estimate of drug-likeness (QED) is 0.534. The zero-order chi connectivity index (χ0) is 10.9. The normalized spacial score (nSPS) is 44.6. The Morgan fingerprint density at radius 2 is 1.93 bits per heavy atom. The van der Waals surface area contributed by atoms with Gasteiger partial charge in [0, 0.05) is 5.92 Å². The number of carbonyl (C=O) groups is 1. The van der Waals surface area contributed by atoms with Gasteiger partial charge in [-0.15, -0.1) is 0 Å². The van der Waals surface area contributed by atoms with Crippen molar-refractivity contribution in [2.24, 2.45) is 17.3 Å². The van der Waals surface area contributed by atoms with E-state index in [9.17, 15) is 9.90 Å². The second-order valence-electron chi connectivity index (χ2n) is 4.39. The Balaban J connectivity index is 2.38. The largest absolute Gasteiger partial charge is 0.428 e. The third-order valence-electron chi connectivity index (χ3n) is 3.17. The molecular formula is C8H9Cl3O3. The number of cyclic esters (lactones) is 1. The molecule has 0 bridgehead atoms. The Kier molecular flexibility index (Phi) is 1.94. The van der Waals surface area contributed by atoms with Crippen LogP contribution in [0.2, 0.25) is 0 Å². The molecule has 1 aliphatic heterocycles. The average Bonchev–Trinajstić information content (AvgIpc) is 2.36. The summed E-state index contributed by atoms with van der Waals surface area (Å²) in [5.74, 6) is -3.27. The van der Waals surface area contributed by atoms with Crippen LogP contribution in [0.25, 0.3) is 0 Å². The first-order valence-corrected chi connectivity index (χ1v) is 5.27. The lowest BCUT2D eigenvalue weighted by Crippen LogP contribution is -2.47. The number of esters is 1. The van der Waals surface area contributed by atoms with E-state index in [2.05, 4.69) is 0 Å². The molecule has 1 saturated carbocycles. The molecule has 2 aliphatic rings. The fraction of sp³-hybridized carbons (Fsp3) is 0.875. The van der Waals surface area contributed by atoms with Gasteiger partial charge in [0.05, 0.1) is 5.92 Å². The van der Waals surface area contributed by atoms with Crippen LogP contribution in [-0.4, -0.2) is 20.7 Å². The first-order chi connectivity index (χ1) is 6.12. The van der Waals surface area contributed by atoms with Crippen molar-refractivity contribution in [1.29, 1.82) is 0 Å².